The monoisotopic (exact) mass is 292 g/mol. The maximum atomic E-state index is 12.5. The van der Waals surface area contributed by atoms with Crippen LogP contribution in [0, 0.1) is 0 Å². The van der Waals surface area contributed by atoms with Crippen LogP contribution in [0.3, 0.4) is 0 Å². The van der Waals surface area contributed by atoms with E-state index >= 15 is 0 Å². The van der Waals surface area contributed by atoms with Crippen LogP contribution in [-0.4, -0.2) is 47.7 Å². The maximum Gasteiger partial charge on any atom is 0.240 e. The Morgan fingerprint density at radius 3 is 2.85 bits per heavy atom. The molecule has 2 heterocycles. The zero-order valence-electron chi connectivity index (χ0n) is 11.6. The van der Waals surface area contributed by atoms with E-state index in [4.69, 9.17) is 4.74 Å². The van der Waals surface area contributed by atoms with Crippen LogP contribution in [0.15, 0.2) is 30.3 Å². The van der Waals surface area contributed by atoms with Crippen LogP contribution in [-0.2, 0) is 9.53 Å². The van der Waals surface area contributed by atoms with Crippen molar-refractivity contribution < 1.29 is 9.53 Å². The highest BCUT2D eigenvalue weighted by atomic mass is 32.2. The Morgan fingerprint density at radius 1 is 1.35 bits per heavy atom. The second-order valence-corrected chi connectivity index (χ2v) is 6.39. The van der Waals surface area contributed by atoms with Gasteiger partial charge in [0.1, 0.15) is 6.10 Å². The smallest absolute Gasteiger partial charge is 0.240 e. The van der Waals surface area contributed by atoms with Gasteiger partial charge >= 0.3 is 0 Å². The van der Waals surface area contributed by atoms with Gasteiger partial charge in [0.15, 0.2) is 0 Å². The number of hydrogen-bond donors (Lipinski definition) is 1. The zero-order valence-corrected chi connectivity index (χ0v) is 12.4. The van der Waals surface area contributed by atoms with Crippen LogP contribution in [0.25, 0.3) is 0 Å². The number of ether oxygens (including phenoxy) is 1. The maximum absolute atomic E-state index is 12.5. The van der Waals surface area contributed by atoms with E-state index in [1.54, 1.807) is 11.8 Å². The molecule has 2 aliphatic rings. The van der Waals surface area contributed by atoms with Gasteiger partial charge in [-0.1, -0.05) is 30.3 Å². The molecule has 1 N–H and O–H groups in total. The van der Waals surface area contributed by atoms with Crippen molar-refractivity contribution in [1.82, 2.24) is 10.2 Å². The molecule has 20 heavy (non-hydrogen) atoms. The highest BCUT2D eigenvalue weighted by Gasteiger charge is 2.33. The molecule has 3 unspecified atom stereocenters. The summed E-state index contributed by atoms with van der Waals surface area (Å²) in [6, 6.07) is 10.1. The van der Waals surface area contributed by atoms with E-state index in [0.29, 0.717) is 13.1 Å². The summed E-state index contributed by atoms with van der Waals surface area (Å²) in [5.74, 6) is 1.96. The van der Waals surface area contributed by atoms with Crippen molar-refractivity contribution in [3.8, 4) is 0 Å². The van der Waals surface area contributed by atoms with Gasteiger partial charge in [-0.2, -0.15) is 0 Å². The molecule has 2 aliphatic heterocycles. The van der Waals surface area contributed by atoms with Gasteiger partial charge < -0.3 is 9.64 Å². The lowest BCUT2D eigenvalue weighted by Crippen LogP contribution is -2.52. The van der Waals surface area contributed by atoms with E-state index in [9.17, 15) is 4.79 Å². The summed E-state index contributed by atoms with van der Waals surface area (Å²) in [5.41, 5.74) is 1.14. The average molecular weight is 292 g/mol. The number of hydrogen-bond acceptors (Lipinski definition) is 4. The summed E-state index contributed by atoms with van der Waals surface area (Å²) < 4.78 is 6.00. The molecule has 2 fully saturated rings. The first-order valence-electron chi connectivity index (χ1n) is 7.04. The molecule has 0 radical (unpaired) electrons. The first kappa shape index (κ1) is 13.9. The van der Waals surface area contributed by atoms with Crippen LogP contribution >= 0.6 is 11.8 Å². The molecule has 108 valence electrons. The SMILES string of the molecule is CC1CN(C(=O)C2CSCN2)CC(c2ccccc2)O1. The molecule has 0 spiro atoms. The predicted octanol–water partition coefficient (Wildman–Crippen LogP) is 1.64. The topological polar surface area (TPSA) is 41.6 Å². The van der Waals surface area contributed by atoms with E-state index in [0.717, 1.165) is 17.2 Å². The minimum atomic E-state index is -0.0262. The van der Waals surface area contributed by atoms with Crippen molar-refractivity contribution in [3.05, 3.63) is 35.9 Å². The van der Waals surface area contributed by atoms with E-state index in [1.807, 2.05) is 30.0 Å². The standard InChI is InChI=1S/C15H20N2O2S/c1-11-7-17(15(18)13-9-20-10-16-13)8-14(19-11)12-5-3-2-4-6-12/h2-6,11,13-14,16H,7-10H2,1H3. The van der Waals surface area contributed by atoms with Gasteiger partial charge in [0.25, 0.3) is 0 Å². The lowest BCUT2D eigenvalue weighted by atomic mass is 10.1. The summed E-state index contributed by atoms with van der Waals surface area (Å²) in [5, 5.41) is 3.25. The van der Waals surface area contributed by atoms with Gasteiger partial charge in [0.2, 0.25) is 5.91 Å². The summed E-state index contributed by atoms with van der Waals surface area (Å²) in [6.45, 7) is 3.37. The quantitative estimate of drug-likeness (QED) is 0.900. The molecule has 0 bridgehead atoms. The summed E-state index contributed by atoms with van der Waals surface area (Å²) in [6.07, 6.45) is 0.0601. The molecule has 3 rings (SSSR count). The molecular formula is C15H20N2O2S. The third-order valence-electron chi connectivity index (χ3n) is 3.76. The third-order valence-corrected chi connectivity index (χ3v) is 4.70. The lowest BCUT2D eigenvalue weighted by molar-refractivity contribution is -0.146. The van der Waals surface area contributed by atoms with Gasteiger partial charge in [-0.05, 0) is 12.5 Å². The third kappa shape index (κ3) is 3.00. The summed E-state index contributed by atoms with van der Waals surface area (Å²) in [4.78, 5) is 14.5. The molecule has 1 aromatic rings. The second-order valence-electron chi connectivity index (χ2n) is 5.36. The van der Waals surface area contributed by atoms with E-state index in [-0.39, 0.29) is 24.2 Å². The number of thioether (sulfide) groups is 1. The minimum absolute atomic E-state index is 0.0158. The zero-order chi connectivity index (χ0) is 13.9. The highest BCUT2D eigenvalue weighted by molar-refractivity contribution is 7.99. The molecule has 0 saturated carbocycles. The van der Waals surface area contributed by atoms with Crippen LogP contribution in [0.4, 0.5) is 0 Å². The fourth-order valence-corrected chi connectivity index (χ4v) is 3.69. The van der Waals surface area contributed by atoms with Gasteiger partial charge in [0, 0.05) is 18.2 Å². The van der Waals surface area contributed by atoms with Crippen molar-refractivity contribution in [2.75, 3.05) is 24.7 Å². The van der Waals surface area contributed by atoms with E-state index in [1.165, 1.54) is 0 Å². The fourth-order valence-electron chi connectivity index (χ4n) is 2.76. The Kier molecular flexibility index (Phi) is 4.29. The van der Waals surface area contributed by atoms with Crippen LogP contribution < -0.4 is 5.32 Å². The van der Waals surface area contributed by atoms with Crippen LogP contribution in [0.5, 0.6) is 0 Å². The molecule has 5 heteroatoms. The van der Waals surface area contributed by atoms with E-state index in [2.05, 4.69) is 17.4 Å². The molecular weight excluding hydrogens is 272 g/mol. The predicted molar refractivity (Wildman–Crippen MR) is 80.6 cm³/mol. The molecule has 0 aromatic heterocycles. The summed E-state index contributed by atoms with van der Waals surface area (Å²) >= 11 is 1.78. The van der Waals surface area contributed by atoms with Gasteiger partial charge in [-0.25, -0.2) is 0 Å². The Hall–Kier alpha value is -1.04. The first-order valence-corrected chi connectivity index (χ1v) is 8.20. The van der Waals surface area contributed by atoms with Crippen molar-refractivity contribution in [2.45, 2.75) is 25.2 Å². The van der Waals surface area contributed by atoms with Gasteiger partial charge in [-0.3, -0.25) is 10.1 Å². The van der Waals surface area contributed by atoms with Crippen molar-refractivity contribution >= 4 is 17.7 Å². The minimum Gasteiger partial charge on any atom is -0.367 e. The van der Waals surface area contributed by atoms with Gasteiger partial charge in [0.05, 0.1) is 18.7 Å². The molecule has 2 saturated heterocycles. The number of carbonyl (C=O) groups is 1. The number of carbonyl (C=O) groups excluding carboxylic acids is 1. The number of morpholine rings is 1. The lowest BCUT2D eigenvalue weighted by Gasteiger charge is -2.38. The number of rotatable bonds is 2. The Labute approximate surface area is 123 Å². The van der Waals surface area contributed by atoms with Crippen molar-refractivity contribution in [3.63, 3.8) is 0 Å². The fraction of sp³-hybridized carbons (Fsp3) is 0.533. The Morgan fingerprint density at radius 2 is 2.15 bits per heavy atom. The largest absolute Gasteiger partial charge is 0.367 e. The molecule has 3 atom stereocenters. The number of nitrogens with one attached hydrogen (secondary N) is 1. The van der Waals surface area contributed by atoms with Crippen molar-refractivity contribution in [2.24, 2.45) is 0 Å². The molecule has 1 amide bonds. The first-order chi connectivity index (χ1) is 9.74. The van der Waals surface area contributed by atoms with Gasteiger partial charge in [-0.15, -0.1) is 11.8 Å². The highest BCUT2D eigenvalue weighted by Crippen LogP contribution is 2.26. The second kappa shape index (κ2) is 6.16. The summed E-state index contributed by atoms with van der Waals surface area (Å²) in [7, 11) is 0. The Balaban J connectivity index is 1.71. The number of nitrogens with zero attached hydrogens (tertiary/aromatic N) is 1. The van der Waals surface area contributed by atoms with E-state index < -0.39 is 0 Å². The van der Waals surface area contributed by atoms with Crippen LogP contribution in [0.2, 0.25) is 0 Å². The Bertz CT molecular complexity index is 462. The molecule has 1 aromatic carbocycles. The molecule has 0 aliphatic carbocycles. The van der Waals surface area contributed by atoms with Crippen molar-refractivity contribution in [1.29, 1.82) is 0 Å². The number of benzene rings is 1. The molecule has 4 nitrogen and oxygen atoms in total. The number of amides is 1. The normalized spacial score (nSPS) is 30.4. The average Bonchev–Trinajstić information content (AvgIpc) is 3.01. The van der Waals surface area contributed by atoms with Crippen LogP contribution in [0.1, 0.15) is 18.6 Å².